The maximum atomic E-state index is 11.3. The minimum atomic E-state index is -0.678. The van der Waals surface area contributed by atoms with Gasteiger partial charge < -0.3 is 5.11 Å². The van der Waals surface area contributed by atoms with Crippen LogP contribution in [0.2, 0.25) is 0 Å². The summed E-state index contributed by atoms with van der Waals surface area (Å²) < 4.78 is 0. The number of hydrogen-bond acceptors (Lipinski definition) is 1. The lowest BCUT2D eigenvalue weighted by Crippen LogP contribution is -2.27. The highest BCUT2D eigenvalue weighted by Gasteiger charge is 2.42. The highest BCUT2D eigenvalue weighted by molar-refractivity contribution is 5.67. The van der Waals surface area contributed by atoms with Crippen molar-refractivity contribution in [3.05, 3.63) is 70.8 Å². The van der Waals surface area contributed by atoms with Gasteiger partial charge in [-0.3, -0.25) is 4.79 Å². The molecule has 2 nitrogen and oxygen atoms in total. The maximum Gasteiger partial charge on any atom is 0.303 e. The van der Waals surface area contributed by atoms with Crippen LogP contribution in [-0.4, -0.2) is 11.1 Å². The molecule has 2 aliphatic rings. The number of aliphatic carboxylic acids is 1. The zero-order valence-corrected chi connectivity index (χ0v) is 11.8. The van der Waals surface area contributed by atoms with Gasteiger partial charge in [0, 0.05) is 6.42 Å². The molecule has 0 bridgehead atoms. The van der Waals surface area contributed by atoms with Gasteiger partial charge in [-0.15, -0.1) is 0 Å². The van der Waals surface area contributed by atoms with E-state index in [1.807, 2.05) is 0 Å². The van der Waals surface area contributed by atoms with Crippen LogP contribution in [0.4, 0.5) is 0 Å². The Bertz CT molecular complexity index is 704. The van der Waals surface area contributed by atoms with Crippen LogP contribution in [0.1, 0.15) is 40.5 Å². The molecule has 2 heteroatoms. The topological polar surface area (TPSA) is 37.3 Å². The van der Waals surface area contributed by atoms with E-state index in [2.05, 4.69) is 48.5 Å². The number of carbonyl (C=O) groups is 1. The number of carboxylic acid groups (broad SMARTS) is 1. The number of fused-ring (bicyclic) bond motifs is 5. The van der Waals surface area contributed by atoms with Crippen molar-refractivity contribution in [1.29, 1.82) is 0 Å². The third kappa shape index (κ3) is 1.98. The fourth-order valence-corrected chi connectivity index (χ4v) is 4.43. The van der Waals surface area contributed by atoms with Crippen molar-refractivity contribution in [2.75, 3.05) is 0 Å². The van der Waals surface area contributed by atoms with E-state index in [0.29, 0.717) is 11.8 Å². The van der Waals surface area contributed by atoms with E-state index in [0.717, 1.165) is 12.8 Å². The van der Waals surface area contributed by atoms with Gasteiger partial charge in [0.15, 0.2) is 0 Å². The fraction of sp³-hybridized carbons (Fsp3) is 0.316. The molecule has 2 aliphatic carbocycles. The first-order valence-corrected chi connectivity index (χ1v) is 7.61. The van der Waals surface area contributed by atoms with E-state index in [9.17, 15) is 9.90 Å². The van der Waals surface area contributed by atoms with Gasteiger partial charge >= 0.3 is 5.97 Å². The van der Waals surface area contributed by atoms with Crippen molar-refractivity contribution in [2.45, 2.75) is 31.1 Å². The van der Waals surface area contributed by atoms with Crippen LogP contribution in [0.25, 0.3) is 0 Å². The third-order valence-corrected chi connectivity index (χ3v) is 5.17. The zero-order valence-electron chi connectivity index (χ0n) is 11.8. The van der Waals surface area contributed by atoms with Gasteiger partial charge in [0.05, 0.1) is 0 Å². The smallest absolute Gasteiger partial charge is 0.303 e. The van der Waals surface area contributed by atoms with Gasteiger partial charge in [-0.1, -0.05) is 48.5 Å². The van der Waals surface area contributed by atoms with Gasteiger partial charge in [-0.25, -0.2) is 0 Å². The summed E-state index contributed by atoms with van der Waals surface area (Å²) in [6, 6.07) is 17.2. The van der Waals surface area contributed by atoms with Gasteiger partial charge in [0.1, 0.15) is 0 Å². The lowest BCUT2D eigenvalue weighted by atomic mass is 9.68. The van der Waals surface area contributed by atoms with E-state index in [1.54, 1.807) is 0 Å². The first-order chi connectivity index (χ1) is 10.2. The largest absolute Gasteiger partial charge is 0.481 e. The summed E-state index contributed by atoms with van der Waals surface area (Å²) in [5.74, 6) is 0.359. The molecule has 0 saturated carbocycles. The Balaban J connectivity index is 1.83. The molecule has 0 heterocycles. The second-order valence-corrected chi connectivity index (χ2v) is 6.30. The standard InChI is InChI=1S/C19H18O2/c20-18(21)11-14-9-12-5-1-3-7-15(12)17-10-13-6-2-4-8-16(13)19(14)17/h1-8,14,17,19H,9-11H2,(H,20,21). The van der Waals surface area contributed by atoms with Crippen LogP contribution >= 0.6 is 0 Å². The summed E-state index contributed by atoms with van der Waals surface area (Å²) in [4.78, 5) is 11.3. The average molecular weight is 278 g/mol. The van der Waals surface area contributed by atoms with Gasteiger partial charge in [-0.05, 0) is 52.8 Å². The van der Waals surface area contributed by atoms with Crippen molar-refractivity contribution in [3.63, 3.8) is 0 Å². The Hall–Kier alpha value is -2.09. The van der Waals surface area contributed by atoms with Crippen molar-refractivity contribution in [2.24, 2.45) is 5.92 Å². The highest BCUT2D eigenvalue weighted by Crippen LogP contribution is 2.53. The Kier molecular flexibility index (Phi) is 2.85. The van der Waals surface area contributed by atoms with Gasteiger partial charge in [0.2, 0.25) is 0 Å². The molecule has 4 rings (SSSR count). The maximum absolute atomic E-state index is 11.3. The molecule has 0 aliphatic heterocycles. The monoisotopic (exact) mass is 278 g/mol. The average Bonchev–Trinajstić information content (AvgIpc) is 2.86. The zero-order chi connectivity index (χ0) is 14.4. The van der Waals surface area contributed by atoms with E-state index in [1.165, 1.54) is 22.3 Å². The minimum Gasteiger partial charge on any atom is -0.481 e. The van der Waals surface area contributed by atoms with E-state index < -0.39 is 5.97 Å². The lowest BCUT2D eigenvalue weighted by molar-refractivity contribution is -0.138. The molecule has 21 heavy (non-hydrogen) atoms. The molecular formula is C19H18O2. The molecule has 0 fully saturated rings. The Morgan fingerprint density at radius 2 is 1.57 bits per heavy atom. The second-order valence-electron chi connectivity index (χ2n) is 6.30. The van der Waals surface area contributed by atoms with Crippen LogP contribution in [0.3, 0.4) is 0 Å². The number of carboxylic acids is 1. The molecule has 3 atom stereocenters. The normalized spacial score (nSPS) is 25.8. The predicted octanol–water partition coefficient (Wildman–Crippen LogP) is 3.76. The van der Waals surface area contributed by atoms with E-state index in [-0.39, 0.29) is 12.3 Å². The van der Waals surface area contributed by atoms with Crippen LogP contribution < -0.4 is 0 Å². The summed E-state index contributed by atoms with van der Waals surface area (Å²) >= 11 is 0. The Labute approximate surface area is 124 Å². The first-order valence-electron chi connectivity index (χ1n) is 7.61. The van der Waals surface area contributed by atoms with Gasteiger partial charge in [0.25, 0.3) is 0 Å². The van der Waals surface area contributed by atoms with Crippen LogP contribution in [0, 0.1) is 5.92 Å². The molecule has 0 radical (unpaired) electrons. The van der Waals surface area contributed by atoms with E-state index in [4.69, 9.17) is 0 Å². The third-order valence-electron chi connectivity index (χ3n) is 5.17. The summed E-state index contributed by atoms with van der Waals surface area (Å²) in [6.07, 6.45) is 2.20. The summed E-state index contributed by atoms with van der Waals surface area (Å²) in [7, 11) is 0. The quantitative estimate of drug-likeness (QED) is 0.908. The fourth-order valence-electron chi connectivity index (χ4n) is 4.43. The number of rotatable bonds is 2. The molecule has 2 aromatic rings. The minimum absolute atomic E-state index is 0.214. The summed E-state index contributed by atoms with van der Waals surface area (Å²) in [5.41, 5.74) is 5.56. The molecular weight excluding hydrogens is 260 g/mol. The predicted molar refractivity (Wildman–Crippen MR) is 81.5 cm³/mol. The summed E-state index contributed by atoms with van der Waals surface area (Å²) in [6.45, 7) is 0. The molecule has 0 spiro atoms. The van der Waals surface area contributed by atoms with Crippen LogP contribution in [0.15, 0.2) is 48.5 Å². The molecule has 1 N–H and O–H groups in total. The van der Waals surface area contributed by atoms with Crippen molar-refractivity contribution in [3.8, 4) is 0 Å². The molecule has 0 aromatic heterocycles. The molecule has 0 amide bonds. The molecule has 0 saturated heterocycles. The van der Waals surface area contributed by atoms with Crippen LogP contribution in [-0.2, 0) is 17.6 Å². The van der Waals surface area contributed by atoms with Crippen molar-refractivity contribution < 1.29 is 9.90 Å². The number of benzene rings is 2. The van der Waals surface area contributed by atoms with Gasteiger partial charge in [-0.2, -0.15) is 0 Å². The number of hydrogen-bond donors (Lipinski definition) is 1. The van der Waals surface area contributed by atoms with Crippen molar-refractivity contribution in [1.82, 2.24) is 0 Å². The van der Waals surface area contributed by atoms with Crippen molar-refractivity contribution >= 4 is 5.97 Å². The summed E-state index contributed by atoms with van der Waals surface area (Å²) in [5, 5.41) is 9.28. The second kappa shape index (κ2) is 4.73. The SMILES string of the molecule is O=C(O)CC1Cc2ccccc2C2Cc3ccccc3C12. The van der Waals surface area contributed by atoms with E-state index >= 15 is 0 Å². The Morgan fingerprint density at radius 3 is 2.29 bits per heavy atom. The molecule has 3 unspecified atom stereocenters. The highest BCUT2D eigenvalue weighted by atomic mass is 16.4. The first kappa shape index (κ1) is 12.6. The molecule has 106 valence electrons. The van der Waals surface area contributed by atoms with Crippen LogP contribution in [0.5, 0.6) is 0 Å². The lowest BCUT2D eigenvalue weighted by Gasteiger charge is -2.35. The Morgan fingerprint density at radius 1 is 0.952 bits per heavy atom. The molecule has 2 aromatic carbocycles.